The zero-order chi connectivity index (χ0) is 21.2. The van der Waals surface area contributed by atoms with Gasteiger partial charge < -0.3 is 19.5 Å². The van der Waals surface area contributed by atoms with Crippen LogP contribution in [0.1, 0.15) is 5.56 Å². The Bertz CT molecular complexity index is 772. The monoisotopic (exact) mass is 413 g/mol. The molecule has 1 amide bonds. The number of rotatable bonds is 10. The maximum Gasteiger partial charge on any atom is 0.234 e. The maximum absolute atomic E-state index is 12.2. The van der Waals surface area contributed by atoms with Gasteiger partial charge in [-0.1, -0.05) is 12.1 Å². The number of ether oxygens (including phenoxy) is 3. The van der Waals surface area contributed by atoms with Gasteiger partial charge in [0, 0.05) is 39.3 Å². The van der Waals surface area contributed by atoms with E-state index in [4.69, 9.17) is 14.2 Å². The number of piperazine rings is 1. The first-order valence-corrected chi connectivity index (χ1v) is 10.3. The van der Waals surface area contributed by atoms with Crippen LogP contribution < -0.4 is 19.5 Å². The zero-order valence-electron chi connectivity index (χ0n) is 17.8. The Morgan fingerprint density at radius 1 is 0.833 bits per heavy atom. The highest BCUT2D eigenvalue weighted by Gasteiger charge is 2.18. The highest BCUT2D eigenvalue weighted by Crippen LogP contribution is 2.17. The van der Waals surface area contributed by atoms with Gasteiger partial charge in [0.05, 0.1) is 20.8 Å². The second-order valence-electron chi connectivity index (χ2n) is 7.27. The van der Waals surface area contributed by atoms with Crippen molar-refractivity contribution in [1.29, 1.82) is 0 Å². The molecular weight excluding hydrogens is 382 g/mol. The van der Waals surface area contributed by atoms with Crippen LogP contribution >= 0.6 is 0 Å². The van der Waals surface area contributed by atoms with E-state index in [0.29, 0.717) is 19.7 Å². The van der Waals surface area contributed by atoms with Gasteiger partial charge in [-0.2, -0.15) is 0 Å². The Morgan fingerprint density at radius 2 is 1.37 bits per heavy atom. The lowest BCUT2D eigenvalue weighted by atomic mass is 10.2. The molecule has 1 heterocycles. The van der Waals surface area contributed by atoms with Crippen molar-refractivity contribution in [2.24, 2.45) is 0 Å². The Kier molecular flexibility index (Phi) is 8.35. The van der Waals surface area contributed by atoms with E-state index in [1.165, 1.54) is 0 Å². The number of carbonyl (C=O) groups excluding carboxylic acids is 1. The van der Waals surface area contributed by atoms with Crippen molar-refractivity contribution in [2.75, 3.05) is 60.1 Å². The summed E-state index contributed by atoms with van der Waals surface area (Å²) in [5.74, 6) is 2.55. The van der Waals surface area contributed by atoms with Crippen LogP contribution in [0, 0.1) is 0 Å². The van der Waals surface area contributed by atoms with Gasteiger partial charge in [0.25, 0.3) is 0 Å². The minimum absolute atomic E-state index is 0.0575. The number of nitrogens with one attached hydrogen (secondary N) is 1. The number of methoxy groups -OCH3 is 2. The predicted octanol–water partition coefficient (Wildman–Crippen LogP) is 2.02. The first-order valence-electron chi connectivity index (χ1n) is 10.3. The van der Waals surface area contributed by atoms with Crippen molar-refractivity contribution >= 4 is 5.91 Å². The van der Waals surface area contributed by atoms with E-state index in [-0.39, 0.29) is 5.91 Å². The molecule has 2 aromatic rings. The van der Waals surface area contributed by atoms with Gasteiger partial charge in [0.2, 0.25) is 5.91 Å². The van der Waals surface area contributed by atoms with Crippen molar-refractivity contribution in [3.8, 4) is 17.2 Å². The van der Waals surface area contributed by atoms with Crippen LogP contribution in [-0.4, -0.2) is 75.8 Å². The molecule has 0 spiro atoms. The summed E-state index contributed by atoms with van der Waals surface area (Å²) in [4.78, 5) is 16.8. The van der Waals surface area contributed by atoms with Crippen molar-refractivity contribution in [1.82, 2.24) is 15.1 Å². The highest BCUT2D eigenvalue weighted by molar-refractivity contribution is 5.78. The standard InChI is InChI=1S/C23H31N3O4/c1-28-20-5-3-19(4-6-20)17-24-23(27)18-26-13-11-25(12-14-26)15-16-30-22-9-7-21(29-2)8-10-22/h3-10H,11-18H2,1-2H3,(H,24,27). The molecule has 0 bridgehead atoms. The molecule has 7 heteroatoms. The predicted molar refractivity (Wildman–Crippen MR) is 116 cm³/mol. The molecule has 30 heavy (non-hydrogen) atoms. The van der Waals surface area contributed by atoms with E-state index in [2.05, 4.69) is 15.1 Å². The summed E-state index contributed by atoms with van der Waals surface area (Å²) in [6.45, 7) is 6.16. The van der Waals surface area contributed by atoms with E-state index in [1.807, 2.05) is 48.5 Å². The molecule has 0 aromatic heterocycles. The Labute approximate surface area is 178 Å². The lowest BCUT2D eigenvalue weighted by Crippen LogP contribution is -2.50. The normalized spacial score (nSPS) is 14.9. The van der Waals surface area contributed by atoms with E-state index in [9.17, 15) is 4.79 Å². The molecule has 1 aliphatic rings. The lowest BCUT2D eigenvalue weighted by Gasteiger charge is -2.34. The smallest absolute Gasteiger partial charge is 0.234 e. The van der Waals surface area contributed by atoms with Crippen LogP contribution in [-0.2, 0) is 11.3 Å². The molecule has 3 rings (SSSR count). The average molecular weight is 414 g/mol. The fraction of sp³-hybridized carbons (Fsp3) is 0.435. The molecule has 0 unspecified atom stereocenters. The van der Waals surface area contributed by atoms with Gasteiger partial charge in [0.15, 0.2) is 0 Å². The van der Waals surface area contributed by atoms with Crippen LogP contribution in [0.25, 0.3) is 0 Å². The molecule has 7 nitrogen and oxygen atoms in total. The Hall–Kier alpha value is -2.77. The van der Waals surface area contributed by atoms with Crippen molar-refractivity contribution in [3.63, 3.8) is 0 Å². The summed E-state index contributed by atoms with van der Waals surface area (Å²) in [6, 6.07) is 15.4. The van der Waals surface area contributed by atoms with E-state index < -0.39 is 0 Å². The summed E-state index contributed by atoms with van der Waals surface area (Å²) in [5.41, 5.74) is 1.06. The third kappa shape index (κ3) is 6.93. The summed E-state index contributed by atoms with van der Waals surface area (Å²) in [7, 11) is 3.30. The molecule has 2 aromatic carbocycles. The van der Waals surface area contributed by atoms with Crippen LogP contribution in [0.3, 0.4) is 0 Å². The lowest BCUT2D eigenvalue weighted by molar-refractivity contribution is -0.122. The van der Waals surface area contributed by atoms with Crippen molar-refractivity contribution in [3.05, 3.63) is 54.1 Å². The van der Waals surface area contributed by atoms with Crippen LogP contribution in [0.5, 0.6) is 17.2 Å². The van der Waals surface area contributed by atoms with Gasteiger partial charge in [0.1, 0.15) is 23.9 Å². The Balaban J connectivity index is 1.29. The Morgan fingerprint density at radius 3 is 1.97 bits per heavy atom. The molecule has 162 valence electrons. The van der Waals surface area contributed by atoms with E-state index >= 15 is 0 Å². The number of hydrogen-bond donors (Lipinski definition) is 1. The molecule has 1 aliphatic heterocycles. The van der Waals surface area contributed by atoms with E-state index in [0.717, 1.165) is 55.5 Å². The van der Waals surface area contributed by atoms with Gasteiger partial charge in [-0.05, 0) is 42.0 Å². The first-order chi connectivity index (χ1) is 14.7. The highest BCUT2D eigenvalue weighted by atomic mass is 16.5. The molecule has 0 saturated carbocycles. The average Bonchev–Trinajstić information content (AvgIpc) is 2.79. The second kappa shape index (κ2) is 11.4. The van der Waals surface area contributed by atoms with Crippen molar-refractivity contribution in [2.45, 2.75) is 6.54 Å². The summed E-state index contributed by atoms with van der Waals surface area (Å²) in [6.07, 6.45) is 0. The second-order valence-corrected chi connectivity index (χ2v) is 7.27. The van der Waals surface area contributed by atoms with Gasteiger partial charge in [-0.3, -0.25) is 14.6 Å². The third-order valence-electron chi connectivity index (χ3n) is 5.22. The maximum atomic E-state index is 12.2. The minimum atomic E-state index is 0.0575. The van der Waals surface area contributed by atoms with Crippen LogP contribution in [0.4, 0.5) is 0 Å². The molecule has 1 fully saturated rings. The van der Waals surface area contributed by atoms with Gasteiger partial charge in [-0.15, -0.1) is 0 Å². The van der Waals surface area contributed by atoms with Crippen molar-refractivity contribution < 1.29 is 19.0 Å². The largest absolute Gasteiger partial charge is 0.497 e. The number of nitrogens with zero attached hydrogens (tertiary/aromatic N) is 2. The van der Waals surface area contributed by atoms with Gasteiger partial charge in [-0.25, -0.2) is 0 Å². The SMILES string of the molecule is COc1ccc(CNC(=O)CN2CCN(CCOc3ccc(OC)cc3)CC2)cc1. The minimum Gasteiger partial charge on any atom is -0.497 e. The fourth-order valence-electron chi connectivity index (χ4n) is 3.34. The number of benzene rings is 2. The topological polar surface area (TPSA) is 63.3 Å². The quantitative estimate of drug-likeness (QED) is 0.643. The fourth-order valence-corrected chi connectivity index (χ4v) is 3.34. The first kappa shape index (κ1) is 21.9. The van der Waals surface area contributed by atoms with Gasteiger partial charge >= 0.3 is 0 Å². The molecule has 0 radical (unpaired) electrons. The summed E-state index contributed by atoms with van der Waals surface area (Å²) in [5, 5.41) is 2.99. The zero-order valence-corrected chi connectivity index (χ0v) is 17.8. The number of hydrogen-bond acceptors (Lipinski definition) is 6. The summed E-state index contributed by atoms with van der Waals surface area (Å²) < 4.78 is 16.1. The molecule has 0 aliphatic carbocycles. The van der Waals surface area contributed by atoms with Crippen LogP contribution in [0.15, 0.2) is 48.5 Å². The number of amides is 1. The third-order valence-corrected chi connectivity index (χ3v) is 5.22. The molecular formula is C23H31N3O4. The number of carbonyl (C=O) groups is 1. The molecule has 1 N–H and O–H groups in total. The molecule has 0 atom stereocenters. The molecule has 1 saturated heterocycles. The summed E-state index contributed by atoms with van der Waals surface area (Å²) >= 11 is 0. The van der Waals surface area contributed by atoms with Crippen LogP contribution in [0.2, 0.25) is 0 Å². The van der Waals surface area contributed by atoms with E-state index in [1.54, 1.807) is 14.2 Å².